The molecule has 1 aromatic heterocycles. The van der Waals surface area contributed by atoms with Crippen LogP contribution in [0.5, 0.6) is 0 Å². The van der Waals surface area contributed by atoms with E-state index in [1.54, 1.807) is 6.33 Å². The highest BCUT2D eigenvalue weighted by atomic mass is 16.4. The molecule has 1 N–H and O–H groups in total. The van der Waals surface area contributed by atoms with Crippen LogP contribution in [0.1, 0.15) is 25.5 Å². The van der Waals surface area contributed by atoms with Gasteiger partial charge in [0.1, 0.15) is 0 Å². The Bertz CT molecular complexity index is 529. The number of fused-ring (bicyclic) bond motifs is 1. The number of para-hydroxylation sites is 1. The summed E-state index contributed by atoms with van der Waals surface area (Å²) in [5.41, 5.74) is 2.60. The minimum absolute atomic E-state index is 0.0375. The van der Waals surface area contributed by atoms with E-state index in [2.05, 4.69) is 18.8 Å². The average molecular weight is 218 g/mol. The molecule has 0 fully saturated rings. The van der Waals surface area contributed by atoms with Crippen LogP contribution in [0.4, 0.5) is 0 Å². The summed E-state index contributed by atoms with van der Waals surface area (Å²) in [5.74, 6) is -0.816. The van der Waals surface area contributed by atoms with E-state index in [0.717, 1.165) is 16.6 Å². The standard InChI is InChI=1S/C12H14N2O2/c1-8(2)14-7-13-10-5-3-4-9(12(10)14)6-11(15)16/h3-5,7-8H,6H2,1-2H3,(H,15,16). The van der Waals surface area contributed by atoms with Crippen molar-refractivity contribution >= 4 is 17.0 Å². The van der Waals surface area contributed by atoms with Gasteiger partial charge in [-0.2, -0.15) is 0 Å². The molecule has 1 heterocycles. The van der Waals surface area contributed by atoms with Crippen molar-refractivity contribution in [2.75, 3.05) is 0 Å². The van der Waals surface area contributed by atoms with Gasteiger partial charge in [0.15, 0.2) is 0 Å². The number of nitrogens with zero attached hydrogens (tertiary/aromatic N) is 2. The molecule has 16 heavy (non-hydrogen) atoms. The zero-order valence-electron chi connectivity index (χ0n) is 9.34. The fourth-order valence-electron chi connectivity index (χ4n) is 1.86. The molecule has 2 aromatic rings. The molecular formula is C12H14N2O2. The molecule has 0 aliphatic heterocycles. The highest BCUT2D eigenvalue weighted by molar-refractivity contribution is 5.83. The number of imidazole rings is 1. The summed E-state index contributed by atoms with van der Waals surface area (Å²) in [7, 11) is 0. The molecule has 0 saturated carbocycles. The van der Waals surface area contributed by atoms with Crippen molar-refractivity contribution in [3.05, 3.63) is 30.1 Å². The van der Waals surface area contributed by atoms with Crippen LogP contribution in [0.15, 0.2) is 24.5 Å². The first-order valence-corrected chi connectivity index (χ1v) is 5.26. The predicted octanol–water partition coefficient (Wildman–Crippen LogP) is 2.24. The molecule has 0 radical (unpaired) electrons. The van der Waals surface area contributed by atoms with Gasteiger partial charge < -0.3 is 9.67 Å². The monoisotopic (exact) mass is 218 g/mol. The van der Waals surface area contributed by atoms with Crippen LogP contribution in [0.3, 0.4) is 0 Å². The van der Waals surface area contributed by atoms with Crippen LogP contribution in [-0.4, -0.2) is 20.6 Å². The fraction of sp³-hybridized carbons (Fsp3) is 0.333. The number of aliphatic carboxylic acids is 1. The summed E-state index contributed by atoms with van der Waals surface area (Å²) >= 11 is 0. The Morgan fingerprint density at radius 1 is 1.50 bits per heavy atom. The van der Waals surface area contributed by atoms with Crippen LogP contribution in [-0.2, 0) is 11.2 Å². The van der Waals surface area contributed by atoms with Gasteiger partial charge in [0, 0.05) is 6.04 Å². The molecule has 0 spiro atoms. The molecule has 0 aliphatic rings. The number of rotatable bonds is 3. The molecule has 1 aromatic carbocycles. The lowest BCUT2D eigenvalue weighted by Crippen LogP contribution is -2.05. The van der Waals surface area contributed by atoms with Gasteiger partial charge in [-0.25, -0.2) is 4.98 Å². The molecule has 4 nitrogen and oxygen atoms in total. The third-order valence-corrected chi connectivity index (χ3v) is 2.58. The normalized spacial score (nSPS) is 11.2. The van der Waals surface area contributed by atoms with Crippen LogP contribution < -0.4 is 0 Å². The average Bonchev–Trinajstić information content (AvgIpc) is 2.61. The Balaban J connectivity index is 2.63. The number of hydrogen-bond acceptors (Lipinski definition) is 2. The summed E-state index contributed by atoms with van der Waals surface area (Å²) in [5, 5.41) is 8.86. The van der Waals surface area contributed by atoms with Gasteiger partial charge in [-0.1, -0.05) is 12.1 Å². The second-order valence-corrected chi connectivity index (χ2v) is 4.10. The van der Waals surface area contributed by atoms with Crippen molar-refractivity contribution in [2.45, 2.75) is 26.3 Å². The Morgan fingerprint density at radius 3 is 2.88 bits per heavy atom. The number of hydrogen-bond donors (Lipinski definition) is 1. The Morgan fingerprint density at radius 2 is 2.25 bits per heavy atom. The van der Waals surface area contributed by atoms with Gasteiger partial charge in [0.2, 0.25) is 0 Å². The third-order valence-electron chi connectivity index (χ3n) is 2.58. The van der Waals surface area contributed by atoms with Gasteiger partial charge in [0.25, 0.3) is 0 Å². The topological polar surface area (TPSA) is 55.1 Å². The van der Waals surface area contributed by atoms with Crippen molar-refractivity contribution in [1.29, 1.82) is 0 Å². The molecule has 0 saturated heterocycles. The van der Waals surface area contributed by atoms with Gasteiger partial charge in [-0.3, -0.25) is 4.79 Å². The molecule has 0 aliphatic carbocycles. The smallest absolute Gasteiger partial charge is 0.307 e. The molecule has 2 rings (SSSR count). The Kier molecular flexibility index (Phi) is 2.64. The summed E-state index contributed by atoms with van der Waals surface area (Å²) in [6, 6.07) is 5.87. The van der Waals surface area contributed by atoms with Crippen LogP contribution in [0, 0.1) is 0 Å². The van der Waals surface area contributed by atoms with Crippen molar-refractivity contribution in [1.82, 2.24) is 9.55 Å². The summed E-state index contributed by atoms with van der Waals surface area (Å²) in [6.45, 7) is 4.11. The zero-order chi connectivity index (χ0) is 11.7. The Labute approximate surface area is 93.5 Å². The number of carbonyl (C=O) groups is 1. The van der Waals surface area contributed by atoms with Gasteiger partial charge in [0.05, 0.1) is 23.8 Å². The second-order valence-electron chi connectivity index (χ2n) is 4.10. The minimum atomic E-state index is -0.816. The van der Waals surface area contributed by atoms with Crippen molar-refractivity contribution < 1.29 is 9.90 Å². The molecule has 84 valence electrons. The summed E-state index contributed by atoms with van der Waals surface area (Å²) in [4.78, 5) is 15.1. The lowest BCUT2D eigenvalue weighted by atomic mass is 10.1. The minimum Gasteiger partial charge on any atom is -0.481 e. The zero-order valence-corrected chi connectivity index (χ0v) is 9.34. The first kappa shape index (κ1) is 10.7. The van der Waals surface area contributed by atoms with E-state index >= 15 is 0 Å². The largest absolute Gasteiger partial charge is 0.481 e. The van der Waals surface area contributed by atoms with Gasteiger partial charge in [-0.15, -0.1) is 0 Å². The number of carboxylic acids is 1. The van der Waals surface area contributed by atoms with Crippen LogP contribution in [0.2, 0.25) is 0 Å². The third kappa shape index (κ3) is 1.78. The number of carboxylic acid groups (broad SMARTS) is 1. The highest BCUT2D eigenvalue weighted by Crippen LogP contribution is 2.21. The maximum atomic E-state index is 10.8. The highest BCUT2D eigenvalue weighted by Gasteiger charge is 2.11. The SMILES string of the molecule is CC(C)n1cnc2cccc(CC(=O)O)c21. The maximum Gasteiger partial charge on any atom is 0.307 e. The quantitative estimate of drug-likeness (QED) is 0.859. The van der Waals surface area contributed by atoms with E-state index in [9.17, 15) is 4.79 Å². The molecule has 0 amide bonds. The van der Waals surface area contributed by atoms with Crippen molar-refractivity contribution in [2.24, 2.45) is 0 Å². The summed E-state index contributed by atoms with van der Waals surface area (Å²) in [6.07, 6.45) is 1.80. The van der Waals surface area contributed by atoms with Crippen molar-refractivity contribution in [3.63, 3.8) is 0 Å². The fourth-order valence-corrected chi connectivity index (χ4v) is 1.86. The second kappa shape index (κ2) is 3.96. The molecular weight excluding hydrogens is 204 g/mol. The van der Waals surface area contributed by atoms with Gasteiger partial charge in [-0.05, 0) is 25.5 Å². The lowest BCUT2D eigenvalue weighted by molar-refractivity contribution is -0.136. The summed E-state index contributed by atoms with van der Waals surface area (Å²) < 4.78 is 2.01. The van der Waals surface area contributed by atoms with Crippen molar-refractivity contribution in [3.8, 4) is 0 Å². The molecule has 0 atom stereocenters. The molecule has 0 bridgehead atoms. The maximum absolute atomic E-state index is 10.8. The van der Waals surface area contributed by atoms with E-state index in [1.165, 1.54) is 0 Å². The van der Waals surface area contributed by atoms with Crippen LogP contribution >= 0.6 is 0 Å². The van der Waals surface area contributed by atoms with E-state index in [-0.39, 0.29) is 12.5 Å². The number of aromatic nitrogens is 2. The molecule has 0 unspecified atom stereocenters. The lowest BCUT2D eigenvalue weighted by Gasteiger charge is -2.10. The predicted molar refractivity (Wildman–Crippen MR) is 61.5 cm³/mol. The van der Waals surface area contributed by atoms with E-state index in [4.69, 9.17) is 5.11 Å². The Hall–Kier alpha value is -1.84. The van der Waals surface area contributed by atoms with E-state index in [0.29, 0.717) is 0 Å². The van der Waals surface area contributed by atoms with Gasteiger partial charge >= 0.3 is 5.97 Å². The van der Waals surface area contributed by atoms with E-state index < -0.39 is 5.97 Å². The first-order valence-electron chi connectivity index (χ1n) is 5.26. The first-order chi connectivity index (χ1) is 7.59. The van der Waals surface area contributed by atoms with Crippen LogP contribution in [0.25, 0.3) is 11.0 Å². The van der Waals surface area contributed by atoms with E-state index in [1.807, 2.05) is 22.8 Å². The molecule has 4 heteroatoms. The number of benzene rings is 1.